The van der Waals surface area contributed by atoms with E-state index in [-0.39, 0.29) is 5.41 Å². The highest BCUT2D eigenvalue weighted by Gasteiger charge is 2.36. The largest absolute Gasteiger partial charge is 0.439 e. The van der Waals surface area contributed by atoms with E-state index < -0.39 is 0 Å². The number of anilines is 1. The molecule has 0 fully saturated rings. The van der Waals surface area contributed by atoms with Crippen LogP contribution in [0, 0.1) is 0 Å². The van der Waals surface area contributed by atoms with Crippen LogP contribution < -0.4 is 5.32 Å². The van der Waals surface area contributed by atoms with Gasteiger partial charge in [-0.05, 0) is 99.8 Å². The molecular formula is C55H50N2O. The first-order valence-corrected chi connectivity index (χ1v) is 20.8. The van der Waals surface area contributed by atoms with Crippen LogP contribution in [-0.4, -0.2) is 11.1 Å². The Hall–Kier alpha value is -6.58. The zero-order valence-corrected chi connectivity index (χ0v) is 33.9. The van der Waals surface area contributed by atoms with Gasteiger partial charge < -0.3 is 9.73 Å². The van der Waals surface area contributed by atoms with Crippen molar-refractivity contribution in [3.63, 3.8) is 0 Å². The minimum atomic E-state index is -0.0336. The van der Waals surface area contributed by atoms with Gasteiger partial charge in [0.25, 0.3) is 0 Å². The van der Waals surface area contributed by atoms with E-state index in [0.29, 0.717) is 5.92 Å². The summed E-state index contributed by atoms with van der Waals surface area (Å²) in [6, 6.07) is 54.2. The number of para-hydroxylation sites is 2. The first-order valence-electron chi connectivity index (χ1n) is 20.8. The second-order valence-electron chi connectivity index (χ2n) is 15.7. The first kappa shape index (κ1) is 37.0. The average Bonchev–Trinajstić information content (AvgIpc) is 3.88. The van der Waals surface area contributed by atoms with Gasteiger partial charge in [-0.15, -0.1) is 0 Å². The van der Waals surface area contributed by atoms with Crippen molar-refractivity contribution in [2.24, 2.45) is 0 Å². The Morgan fingerprint density at radius 2 is 1.45 bits per heavy atom. The number of fused-ring (bicyclic) bond motifs is 6. The smallest absolute Gasteiger partial charge is 0.213 e. The fraction of sp³-hybridized carbons (Fsp3) is 0.164. The van der Waals surface area contributed by atoms with Crippen LogP contribution in [0.5, 0.6) is 0 Å². The van der Waals surface area contributed by atoms with Crippen molar-refractivity contribution in [2.45, 2.75) is 51.9 Å². The summed E-state index contributed by atoms with van der Waals surface area (Å²) >= 11 is 0. The van der Waals surface area contributed by atoms with E-state index in [1.807, 2.05) is 19.9 Å². The third kappa shape index (κ3) is 6.71. The molecular weight excluding hydrogens is 705 g/mol. The molecule has 0 bridgehead atoms. The van der Waals surface area contributed by atoms with Crippen molar-refractivity contribution in [3.8, 4) is 16.8 Å². The molecule has 0 saturated carbocycles. The summed E-state index contributed by atoms with van der Waals surface area (Å²) in [6.07, 6.45) is 13.8. The number of rotatable bonds is 9. The lowest BCUT2D eigenvalue weighted by molar-refractivity contribution is 0.621. The molecule has 2 aromatic heterocycles. The second-order valence-corrected chi connectivity index (χ2v) is 15.7. The van der Waals surface area contributed by atoms with E-state index in [1.165, 1.54) is 49.9 Å². The standard InChI is InChI=1S/C53H44N2O.C2H6/c1-53(2)47-21-11-9-18-43(47)44(48(53)34-36-23-25-38(26-24-36)37-14-5-3-6-15-37)20-13-33-54-41-30-27-39(28-31-41)40-29-32-49-46(35-40)51-45-19-10-12-22-50(45)56-52(51)55(49)42-16-7-4-8-17-42;1-2/h3-25,27-32,35,38,54H,26,33-34H2,1-2H3;1-2H3/b20-13-;. The van der Waals surface area contributed by atoms with Crippen LogP contribution in [0.15, 0.2) is 198 Å². The molecule has 0 spiro atoms. The average molecular weight is 755 g/mol. The quantitative estimate of drug-likeness (QED) is 0.159. The van der Waals surface area contributed by atoms with Crippen LogP contribution in [0.25, 0.3) is 55.4 Å². The summed E-state index contributed by atoms with van der Waals surface area (Å²) in [5.74, 6) is 0.451. The van der Waals surface area contributed by atoms with Gasteiger partial charge in [-0.2, -0.15) is 0 Å². The topological polar surface area (TPSA) is 30.1 Å². The molecule has 8 aromatic rings. The van der Waals surface area contributed by atoms with Crippen molar-refractivity contribution in [2.75, 3.05) is 11.9 Å². The molecule has 2 aliphatic carbocycles. The number of hydrogen-bond donors (Lipinski definition) is 1. The van der Waals surface area contributed by atoms with Gasteiger partial charge in [-0.3, -0.25) is 4.57 Å². The van der Waals surface area contributed by atoms with Crippen LogP contribution in [-0.2, 0) is 5.41 Å². The highest BCUT2D eigenvalue weighted by molar-refractivity contribution is 6.20. The molecule has 3 heteroatoms. The van der Waals surface area contributed by atoms with Crippen molar-refractivity contribution in [3.05, 3.63) is 210 Å². The Labute approximate surface area is 342 Å². The van der Waals surface area contributed by atoms with Gasteiger partial charge in [-0.1, -0.05) is 167 Å². The second kappa shape index (κ2) is 15.8. The van der Waals surface area contributed by atoms with E-state index in [0.717, 1.165) is 58.3 Å². The fourth-order valence-corrected chi connectivity index (χ4v) is 9.02. The third-order valence-corrected chi connectivity index (χ3v) is 12.0. The van der Waals surface area contributed by atoms with Gasteiger partial charge in [0.05, 0.1) is 10.9 Å². The maximum Gasteiger partial charge on any atom is 0.213 e. The van der Waals surface area contributed by atoms with Gasteiger partial charge >= 0.3 is 0 Å². The van der Waals surface area contributed by atoms with Crippen LogP contribution >= 0.6 is 0 Å². The van der Waals surface area contributed by atoms with Gasteiger partial charge in [-0.25, -0.2) is 0 Å². The van der Waals surface area contributed by atoms with Crippen molar-refractivity contribution < 1.29 is 4.42 Å². The molecule has 0 saturated heterocycles. The Morgan fingerprint density at radius 1 is 0.741 bits per heavy atom. The summed E-state index contributed by atoms with van der Waals surface area (Å²) < 4.78 is 8.73. The summed E-state index contributed by atoms with van der Waals surface area (Å²) in [5.41, 5.74) is 15.9. The Kier molecular flexibility index (Phi) is 10.1. The fourth-order valence-electron chi connectivity index (χ4n) is 9.02. The minimum Gasteiger partial charge on any atom is -0.439 e. The summed E-state index contributed by atoms with van der Waals surface area (Å²) in [5, 5.41) is 7.14. The number of benzene rings is 6. The number of hydrogen-bond acceptors (Lipinski definition) is 2. The molecule has 2 aliphatic rings. The lowest BCUT2D eigenvalue weighted by atomic mass is 9.77. The van der Waals surface area contributed by atoms with Crippen molar-refractivity contribution >= 4 is 44.2 Å². The number of nitrogens with one attached hydrogen (secondary N) is 1. The maximum absolute atomic E-state index is 6.49. The Balaban J connectivity index is 0.00000215. The molecule has 0 radical (unpaired) electrons. The van der Waals surface area contributed by atoms with Crippen LogP contribution in [0.2, 0.25) is 0 Å². The molecule has 1 N–H and O–H groups in total. The Morgan fingerprint density at radius 3 is 2.22 bits per heavy atom. The molecule has 58 heavy (non-hydrogen) atoms. The maximum atomic E-state index is 6.49. The number of aromatic nitrogens is 1. The normalized spacial score (nSPS) is 15.9. The lowest BCUT2D eigenvalue weighted by Crippen LogP contribution is -2.18. The monoisotopic (exact) mass is 754 g/mol. The van der Waals surface area contributed by atoms with E-state index in [1.54, 1.807) is 0 Å². The number of furan rings is 1. The molecule has 286 valence electrons. The van der Waals surface area contributed by atoms with Gasteiger partial charge in [0.15, 0.2) is 0 Å². The lowest BCUT2D eigenvalue weighted by Gasteiger charge is -2.26. The highest BCUT2D eigenvalue weighted by atomic mass is 16.3. The van der Waals surface area contributed by atoms with E-state index in [9.17, 15) is 0 Å². The summed E-state index contributed by atoms with van der Waals surface area (Å²) in [7, 11) is 0. The van der Waals surface area contributed by atoms with Crippen LogP contribution in [0.3, 0.4) is 0 Å². The Bertz CT molecular complexity index is 2860. The molecule has 0 aliphatic heterocycles. The molecule has 1 unspecified atom stereocenters. The molecule has 0 amide bonds. The minimum absolute atomic E-state index is 0.0336. The summed E-state index contributed by atoms with van der Waals surface area (Å²) in [4.78, 5) is 0. The SMILES string of the molecule is CC.CC1(C)C(CC2=CCC(c3ccccc3)C=C2)=C(/C=C\CNc2ccc(-c3ccc4c(c3)c3c5ccccc5oc3n4-c3ccccc3)cc2)c2ccccc21. The van der Waals surface area contributed by atoms with Gasteiger partial charge in [0, 0.05) is 40.0 Å². The zero-order valence-electron chi connectivity index (χ0n) is 33.9. The molecule has 1 atom stereocenters. The molecule has 2 heterocycles. The van der Waals surface area contributed by atoms with Gasteiger partial charge in [0.1, 0.15) is 5.58 Å². The molecule has 10 rings (SSSR count). The predicted molar refractivity (Wildman–Crippen MR) is 247 cm³/mol. The van der Waals surface area contributed by atoms with Crippen molar-refractivity contribution in [1.29, 1.82) is 0 Å². The van der Waals surface area contributed by atoms with Crippen LogP contribution in [0.1, 0.15) is 63.1 Å². The third-order valence-electron chi connectivity index (χ3n) is 12.0. The van der Waals surface area contributed by atoms with Crippen LogP contribution in [0.4, 0.5) is 5.69 Å². The molecule has 6 aromatic carbocycles. The van der Waals surface area contributed by atoms with Gasteiger partial charge in [0.2, 0.25) is 5.71 Å². The molecule has 3 nitrogen and oxygen atoms in total. The van der Waals surface area contributed by atoms with E-state index in [2.05, 4.69) is 200 Å². The first-order chi connectivity index (χ1) is 28.5. The summed E-state index contributed by atoms with van der Waals surface area (Å²) in [6.45, 7) is 9.52. The van der Waals surface area contributed by atoms with Crippen molar-refractivity contribution in [1.82, 2.24) is 4.57 Å². The van der Waals surface area contributed by atoms with E-state index >= 15 is 0 Å². The zero-order chi connectivity index (χ0) is 39.6. The highest BCUT2D eigenvalue weighted by Crippen LogP contribution is 2.49. The number of allylic oxidation sites excluding steroid dienone is 7. The predicted octanol–water partition coefficient (Wildman–Crippen LogP) is 15.0. The number of nitrogens with zero attached hydrogens (tertiary/aromatic N) is 1. The van der Waals surface area contributed by atoms with E-state index in [4.69, 9.17) is 4.42 Å².